The molecule has 0 aliphatic heterocycles. The Morgan fingerprint density at radius 3 is 2.45 bits per heavy atom. The summed E-state index contributed by atoms with van der Waals surface area (Å²) < 4.78 is 0. The molecule has 1 atom stereocenters. The van der Waals surface area contributed by atoms with Crippen molar-refractivity contribution in [3.05, 3.63) is 12.2 Å². The molecule has 0 saturated carbocycles. The van der Waals surface area contributed by atoms with Crippen LogP contribution in [-0.2, 0) is 4.79 Å². The van der Waals surface area contributed by atoms with Gasteiger partial charge in [0, 0.05) is 12.1 Å². The Kier molecular flexibility index (Phi) is 4.54. The van der Waals surface area contributed by atoms with E-state index in [9.17, 15) is 4.79 Å². The molecule has 1 unspecified atom stereocenters. The van der Waals surface area contributed by atoms with Crippen molar-refractivity contribution < 1.29 is 9.90 Å². The zero-order chi connectivity index (χ0) is 8.85. The monoisotopic (exact) mass is 157 g/mol. The van der Waals surface area contributed by atoms with Gasteiger partial charge in [0.25, 0.3) is 0 Å². The van der Waals surface area contributed by atoms with E-state index < -0.39 is 5.97 Å². The van der Waals surface area contributed by atoms with Crippen LogP contribution in [0.5, 0.6) is 0 Å². The largest absolute Gasteiger partial charge is 0.478 e. The van der Waals surface area contributed by atoms with Crippen molar-refractivity contribution in [1.82, 2.24) is 4.90 Å². The van der Waals surface area contributed by atoms with E-state index in [0.717, 1.165) is 6.42 Å². The molecule has 0 aliphatic carbocycles. The lowest BCUT2D eigenvalue weighted by Crippen LogP contribution is -2.25. The number of carboxylic acid groups (broad SMARTS) is 1. The van der Waals surface area contributed by atoms with Crippen molar-refractivity contribution in [2.45, 2.75) is 19.4 Å². The Balaban J connectivity index is 3.97. The van der Waals surface area contributed by atoms with Crippen molar-refractivity contribution in [2.24, 2.45) is 0 Å². The zero-order valence-corrected chi connectivity index (χ0v) is 7.24. The molecule has 0 bridgehead atoms. The smallest absolute Gasteiger partial charge is 0.328 e. The van der Waals surface area contributed by atoms with E-state index in [4.69, 9.17) is 5.11 Å². The maximum atomic E-state index is 10.1. The van der Waals surface area contributed by atoms with Crippen LogP contribution in [-0.4, -0.2) is 36.1 Å². The number of carbonyl (C=O) groups is 1. The van der Waals surface area contributed by atoms with E-state index in [1.54, 1.807) is 6.08 Å². The Hall–Kier alpha value is -0.830. The fourth-order valence-corrected chi connectivity index (χ4v) is 0.867. The summed E-state index contributed by atoms with van der Waals surface area (Å²) in [6, 6.07) is 0.228. The highest BCUT2D eigenvalue weighted by Crippen LogP contribution is 1.99. The molecular weight excluding hydrogens is 142 g/mol. The summed E-state index contributed by atoms with van der Waals surface area (Å²) >= 11 is 0. The highest BCUT2D eigenvalue weighted by Gasteiger charge is 2.03. The van der Waals surface area contributed by atoms with E-state index in [-0.39, 0.29) is 6.04 Å². The summed E-state index contributed by atoms with van der Waals surface area (Å²) in [5, 5.41) is 8.33. The zero-order valence-electron chi connectivity index (χ0n) is 7.24. The van der Waals surface area contributed by atoms with Crippen LogP contribution < -0.4 is 0 Å². The normalized spacial score (nSPS) is 14.2. The fraction of sp³-hybridized carbons (Fsp3) is 0.625. The summed E-state index contributed by atoms with van der Waals surface area (Å²) in [7, 11) is 3.86. The maximum Gasteiger partial charge on any atom is 0.328 e. The number of likely N-dealkylation sites (N-methyl/N-ethyl adjacent to an activating group) is 1. The van der Waals surface area contributed by atoms with Crippen molar-refractivity contribution >= 4 is 5.97 Å². The number of rotatable bonds is 4. The van der Waals surface area contributed by atoms with Gasteiger partial charge in [-0.3, -0.25) is 0 Å². The van der Waals surface area contributed by atoms with Gasteiger partial charge < -0.3 is 10.0 Å². The van der Waals surface area contributed by atoms with Crippen LogP contribution in [0.4, 0.5) is 0 Å². The van der Waals surface area contributed by atoms with Crippen LogP contribution in [0.3, 0.4) is 0 Å². The van der Waals surface area contributed by atoms with Gasteiger partial charge in [0.15, 0.2) is 0 Å². The lowest BCUT2D eigenvalue weighted by Gasteiger charge is -2.18. The van der Waals surface area contributed by atoms with Crippen molar-refractivity contribution in [3.8, 4) is 0 Å². The molecule has 3 heteroatoms. The van der Waals surface area contributed by atoms with Gasteiger partial charge in [0.1, 0.15) is 0 Å². The van der Waals surface area contributed by atoms with Gasteiger partial charge in [-0.25, -0.2) is 4.79 Å². The summed E-state index contributed by atoms with van der Waals surface area (Å²) in [6.07, 6.45) is 3.81. The minimum atomic E-state index is -0.884. The quantitative estimate of drug-likeness (QED) is 0.618. The van der Waals surface area contributed by atoms with E-state index in [1.165, 1.54) is 6.08 Å². The third-order valence-corrected chi connectivity index (χ3v) is 1.54. The summed E-state index contributed by atoms with van der Waals surface area (Å²) in [6.45, 7) is 2.02. The second-order valence-electron chi connectivity index (χ2n) is 2.64. The van der Waals surface area contributed by atoms with E-state index in [2.05, 4.69) is 0 Å². The molecule has 0 heterocycles. The number of hydrogen-bond acceptors (Lipinski definition) is 2. The van der Waals surface area contributed by atoms with E-state index in [0.29, 0.717) is 0 Å². The summed E-state index contributed by atoms with van der Waals surface area (Å²) in [4.78, 5) is 12.1. The van der Waals surface area contributed by atoms with Crippen LogP contribution in [0.2, 0.25) is 0 Å². The fourth-order valence-electron chi connectivity index (χ4n) is 0.867. The maximum absolute atomic E-state index is 10.1. The van der Waals surface area contributed by atoms with E-state index in [1.807, 2.05) is 25.9 Å². The van der Waals surface area contributed by atoms with Crippen LogP contribution in [0.1, 0.15) is 13.3 Å². The third kappa shape index (κ3) is 4.56. The van der Waals surface area contributed by atoms with Gasteiger partial charge in [-0.1, -0.05) is 13.0 Å². The average molecular weight is 157 g/mol. The van der Waals surface area contributed by atoms with Crippen LogP contribution >= 0.6 is 0 Å². The van der Waals surface area contributed by atoms with Gasteiger partial charge in [-0.15, -0.1) is 0 Å². The second-order valence-corrected chi connectivity index (χ2v) is 2.64. The van der Waals surface area contributed by atoms with Crippen LogP contribution in [0, 0.1) is 0 Å². The number of carboxylic acids is 1. The van der Waals surface area contributed by atoms with Gasteiger partial charge in [-0.05, 0) is 20.5 Å². The molecule has 0 saturated heterocycles. The summed E-state index contributed by atoms with van der Waals surface area (Å²) in [5.41, 5.74) is 0. The predicted molar refractivity (Wildman–Crippen MR) is 44.5 cm³/mol. The molecular formula is C8H15NO2. The Morgan fingerprint density at radius 2 is 2.18 bits per heavy atom. The van der Waals surface area contributed by atoms with Gasteiger partial charge in [0.05, 0.1) is 0 Å². The van der Waals surface area contributed by atoms with Crippen molar-refractivity contribution in [3.63, 3.8) is 0 Å². The Bertz CT molecular complexity index is 152. The van der Waals surface area contributed by atoms with Crippen LogP contribution in [0.15, 0.2) is 12.2 Å². The first kappa shape index (κ1) is 10.2. The number of nitrogens with zero attached hydrogens (tertiary/aromatic N) is 1. The molecule has 0 fully saturated rings. The molecule has 0 aromatic heterocycles. The first-order valence-corrected chi connectivity index (χ1v) is 3.65. The minimum Gasteiger partial charge on any atom is -0.478 e. The molecule has 1 N–H and O–H groups in total. The predicted octanol–water partition coefficient (Wildman–Crippen LogP) is 0.967. The number of hydrogen-bond donors (Lipinski definition) is 1. The molecule has 0 aliphatic rings. The standard InChI is InChI=1S/C8H15NO2/c1-4-7(9(2)3)5-6-8(10)11/h5-7H,4H2,1-3H3,(H,10,11). The lowest BCUT2D eigenvalue weighted by atomic mass is 10.2. The summed E-state index contributed by atoms with van der Waals surface area (Å²) in [5.74, 6) is -0.884. The highest BCUT2D eigenvalue weighted by atomic mass is 16.4. The van der Waals surface area contributed by atoms with Crippen molar-refractivity contribution in [2.75, 3.05) is 14.1 Å². The molecule has 0 radical (unpaired) electrons. The molecule has 0 rings (SSSR count). The molecule has 0 spiro atoms. The first-order chi connectivity index (χ1) is 5.07. The third-order valence-electron chi connectivity index (χ3n) is 1.54. The molecule has 0 amide bonds. The van der Waals surface area contributed by atoms with Gasteiger partial charge >= 0.3 is 5.97 Å². The van der Waals surface area contributed by atoms with Crippen molar-refractivity contribution in [1.29, 1.82) is 0 Å². The lowest BCUT2D eigenvalue weighted by molar-refractivity contribution is -0.131. The molecule has 64 valence electrons. The molecule has 11 heavy (non-hydrogen) atoms. The number of aliphatic carboxylic acids is 1. The molecule has 0 aromatic carbocycles. The Labute approximate surface area is 67.3 Å². The first-order valence-electron chi connectivity index (χ1n) is 3.65. The second kappa shape index (κ2) is 4.91. The van der Waals surface area contributed by atoms with Gasteiger partial charge in [-0.2, -0.15) is 0 Å². The minimum absolute atomic E-state index is 0.228. The SMILES string of the molecule is CCC(C=CC(=O)O)N(C)C. The highest BCUT2D eigenvalue weighted by molar-refractivity contribution is 5.79. The van der Waals surface area contributed by atoms with Crippen LogP contribution in [0.25, 0.3) is 0 Å². The topological polar surface area (TPSA) is 40.5 Å². The van der Waals surface area contributed by atoms with Gasteiger partial charge in [0.2, 0.25) is 0 Å². The average Bonchev–Trinajstić information content (AvgIpc) is 1.87. The Morgan fingerprint density at radius 1 is 1.64 bits per heavy atom. The molecule has 0 aromatic rings. The van der Waals surface area contributed by atoms with E-state index >= 15 is 0 Å². The molecule has 3 nitrogen and oxygen atoms in total.